The van der Waals surface area contributed by atoms with Crippen molar-refractivity contribution in [3.05, 3.63) is 26.9 Å². The maximum atomic E-state index is 5.74. The average molecular weight is 255 g/mol. The lowest BCUT2D eigenvalue weighted by Crippen LogP contribution is -1.90. The van der Waals surface area contributed by atoms with Crippen LogP contribution in [0.5, 0.6) is 0 Å². The molecule has 0 saturated heterocycles. The Morgan fingerprint density at radius 2 is 2.27 bits per heavy atom. The molecule has 0 aliphatic heterocycles. The number of nitrogens with zero attached hydrogens (tertiary/aromatic N) is 1. The fourth-order valence-corrected chi connectivity index (χ4v) is 1.54. The van der Waals surface area contributed by atoms with E-state index >= 15 is 0 Å². The molecule has 1 heterocycles. The summed E-state index contributed by atoms with van der Waals surface area (Å²) in [4.78, 5) is 4.08. The van der Waals surface area contributed by atoms with Crippen molar-refractivity contribution in [2.24, 2.45) is 0 Å². The first kappa shape index (κ1) is 9.30. The molecule has 1 aromatic rings. The normalized spacial score (nSPS) is 10.2. The van der Waals surface area contributed by atoms with Crippen LogP contribution in [0.1, 0.15) is 11.3 Å². The van der Waals surface area contributed by atoms with Crippen molar-refractivity contribution in [3.63, 3.8) is 0 Å². The van der Waals surface area contributed by atoms with E-state index < -0.39 is 0 Å². The number of hydrogen-bond acceptors (Lipinski definition) is 1. The van der Waals surface area contributed by atoms with Crippen LogP contribution in [0.15, 0.2) is 10.5 Å². The van der Waals surface area contributed by atoms with E-state index in [0.717, 1.165) is 15.7 Å². The summed E-state index contributed by atoms with van der Waals surface area (Å²) in [5.74, 6) is 0.467. The summed E-state index contributed by atoms with van der Waals surface area (Å²) in [6, 6.07) is 1.89. The molecule has 0 aliphatic rings. The highest BCUT2D eigenvalue weighted by Gasteiger charge is 2.03. The zero-order valence-electron chi connectivity index (χ0n) is 5.87. The molecule has 0 spiro atoms. The van der Waals surface area contributed by atoms with Crippen molar-refractivity contribution in [1.29, 1.82) is 0 Å². The molecule has 0 amide bonds. The molecule has 0 unspecified atom stereocenters. The molecule has 1 rings (SSSR count). The predicted molar refractivity (Wildman–Crippen MR) is 51.2 cm³/mol. The van der Waals surface area contributed by atoms with Crippen LogP contribution >= 0.6 is 39.1 Å². The van der Waals surface area contributed by atoms with Crippen molar-refractivity contribution in [3.8, 4) is 0 Å². The van der Waals surface area contributed by atoms with Gasteiger partial charge in [0.05, 0.1) is 4.47 Å². The predicted octanol–water partition coefficient (Wildman–Crippen LogP) is 3.54. The Bertz CT molecular complexity index is 275. The number of halogens is 3. The molecule has 4 heteroatoms. The van der Waals surface area contributed by atoms with Crippen LogP contribution < -0.4 is 0 Å². The van der Waals surface area contributed by atoms with E-state index in [2.05, 4.69) is 20.9 Å². The van der Waals surface area contributed by atoms with E-state index in [4.69, 9.17) is 23.2 Å². The van der Waals surface area contributed by atoms with Gasteiger partial charge >= 0.3 is 0 Å². The van der Waals surface area contributed by atoms with Crippen LogP contribution in [0.2, 0.25) is 5.15 Å². The minimum absolute atomic E-state index is 0.467. The molecule has 0 saturated carbocycles. The van der Waals surface area contributed by atoms with Crippen LogP contribution in [0, 0.1) is 6.92 Å². The first-order chi connectivity index (χ1) is 5.15. The maximum Gasteiger partial charge on any atom is 0.143 e. The summed E-state index contributed by atoms with van der Waals surface area (Å²) in [6.07, 6.45) is 0. The Labute approximate surface area is 83.9 Å². The van der Waals surface area contributed by atoms with E-state index in [0.29, 0.717) is 11.0 Å². The highest BCUT2D eigenvalue weighted by Crippen LogP contribution is 2.23. The fraction of sp³-hybridized carbons (Fsp3) is 0.286. The number of hydrogen-bond donors (Lipinski definition) is 0. The number of aromatic nitrogens is 1. The molecule has 0 radical (unpaired) electrons. The van der Waals surface area contributed by atoms with Crippen LogP contribution in [0.4, 0.5) is 0 Å². The second-order valence-corrected chi connectivity index (χ2v) is 3.62. The smallest absolute Gasteiger partial charge is 0.143 e. The minimum atomic E-state index is 0.467. The Hall–Kier alpha value is 0.210. The highest BCUT2D eigenvalue weighted by atomic mass is 79.9. The third-order valence-electron chi connectivity index (χ3n) is 1.37. The van der Waals surface area contributed by atoms with E-state index in [9.17, 15) is 0 Å². The second kappa shape index (κ2) is 3.74. The van der Waals surface area contributed by atoms with Gasteiger partial charge in [-0.15, -0.1) is 11.6 Å². The van der Waals surface area contributed by atoms with Gasteiger partial charge in [0.2, 0.25) is 0 Å². The molecule has 60 valence electrons. The monoisotopic (exact) mass is 253 g/mol. The van der Waals surface area contributed by atoms with Gasteiger partial charge in [-0.25, -0.2) is 4.98 Å². The molecular weight excluding hydrogens is 249 g/mol. The number of rotatable bonds is 1. The third-order valence-corrected chi connectivity index (χ3v) is 2.78. The Morgan fingerprint density at radius 1 is 1.64 bits per heavy atom. The molecule has 0 aliphatic carbocycles. The van der Waals surface area contributed by atoms with Crippen LogP contribution in [-0.2, 0) is 5.88 Å². The van der Waals surface area contributed by atoms with Gasteiger partial charge in [0.1, 0.15) is 5.15 Å². The molecule has 0 fully saturated rings. The van der Waals surface area contributed by atoms with E-state index in [-0.39, 0.29) is 0 Å². The summed E-state index contributed by atoms with van der Waals surface area (Å²) in [6.45, 7) is 1.88. The van der Waals surface area contributed by atoms with Gasteiger partial charge in [0.15, 0.2) is 0 Å². The molecule has 1 aromatic heterocycles. The standard InChI is InChI=1S/C7H6BrCl2N/c1-4-5(3-9)2-6(8)7(10)11-4/h2H,3H2,1H3. The van der Waals surface area contributed by atoms with E-state index in [1.54, 1.807) is 0 Å². The quantitative estimate of drug-likeness (QED) is 0.552. The lowest BCUT2D eigenvalue weighted by atomic mass is 10.2. The Balaban J connectivity index is 3.21. The SMILES string of the molecule is Cc1nc(Cl)c(Br)cc1CCl. The molecule has 0 N–H and O–H groups in total. The summed E-state index contributed by atoms with van der Waals surface area (Å²) >= 11 is 14.7. The van der Waals surface area contributed by atoms with Gasteiger partial charge in [-0.3, -0.25) is 0 Å². The third kappa shape index (κ3) is 2.08. The lowest BCUT2D eigenvalue weighted by Gasteiger charge is -2.02. The largest absolute Gasteiger partial charge is 0.240 e. The number of alkyl halides is 1. The van der Waals surface area contributed by atoms with E-state index in [1.165, 1.54) is 0 Å². The van der Waals surface area contributed by atoms with Crippen molar-refractivity contribution in [2.45, 2.75) is 12.8 Å². The van der Waals surface area contributed by atoms with Crippen molar-refractivity contribution in [1.82, 2.24) is 4.98 Å². The van der Waals surface area contributed by atoms with Crippen LogP contribution in [0.25, 0.3) is 0 Å². The van der Waals surface area contributed by atoms with Crippen LogP contribution in [0.3, 0.4) is 0 Å². The van der Waals surface area contributed by atoms with Crippen molar-refractivity contribution >= 4 is 39.1 Å². The van der Waals surface area contributed by atoms with Gasteiger partial charge in [-0.2, -0.15) is 0 Å². The molecule has 0 atom stereocenters. The number of aryl methyl sites for hydroxylation is 1. The molecule has 0 aromatic carbocycles. The average Bonchev–Trinajstić information content (AvgIpc) is 1.97. The van der Waals surface area contributed by atoms with Crippen LogP contribution in [-0.4, -0.2) is 4.98 Å². The van der Waals surface area contributed by atoms with Gasteiger partial charge in [0, 0.05) is 11.6 Å². The Morgan fingerprint density at radius 3 is 2.82 bits per heavy atom. The van der Waals surface area contributed by atoms with Crippen molar-refractivity contribution in [2.75, 3.05) is 0 Å². The zero-order valence-corrected chi connectivity index (χ0v) is 8.96. The molecule has 1 nitrogen and oxygen atoms in total. The first-order valence-corrected chi connectivity index (χ1v) is 4.73. The van der Waals surface area contributed by atoms with E-state index in [1.807, 2.05) is 13.0 Å². The number of pyridine rings is 1. The molecular formula is C7H6BrCl2N. The summed E-state index contributed by atoms with van der Waals surface area (Å²) in [5, 5.41) is 0.483. The zero-order chi connectivity index (χ0) is 8.43. The van der Waals surface area contributed by atoms with Gasteiger partial charge < -0.3 is 0 Å². The molecule has 11 heavy (non-hydrogen) atoms. The molecule has 0 bridgehead atoms. The summed E-state index contributed by atoms with van der Waals surface area (Å²) in [5.41, 5.74) is 1.89. The minimum Gasteiger partial charge on any atom is -0.240 e. The summed E-state index contributed by atoms with van der Waals surface area (Å²) in [7, 11) is 0. The van der Waals surface area contributed by atoms with Gasteiger partial charge in [0.25, 0.3) is 0 Å². The fourth-order valence-electron chi connectivity index (χ4n) is 0.725. The lowest BCUT2D eigenvalue weighted by molar-refractivity contribution is 1.13. The second-order valence-electron chi connectivity index (χ2n) is 2.14. The highest BCUT2D eigenvalue weighted by molar-refractivity contribution is 9.10. The summed E-state index contributed by atoms with van der Waals surface area (Å²) < 4.78 is 0.792. The van der Waals surface area contributed by atoms with Crippen molar-refractivity contribution < 1.29 is 0 Å². The topological polar surface area (TPSA) is 12.9 Å². The first-order valence-electron chi connectivity index (χ1n) is 3.02. The van der Waals surface area contributed by atoms with Gasteiger partial charge in [-0.1, -0.05) is 11.6 Å². The maximum absolute atomic E-state index is 5.74. The van der Waals surface area contributed by atoms with Gasteiger partial charge in [-0.05, 0) is 34.5 Å². The Kier molecular flexibility index (Phi) is 3.16.